The minimum absolute atomic E-state index is 0.480. The van der Waals surface area contributed by atoms with Gasteiger partial charge < -0.3 is 10.6 Å². The molecule has 0 saturated heterocycles. The molecule has 2 N–H and O–H groups in total. The number of rotatable bonds is 4. The number of nitrogens with zero attached hydrogens (tertiary/aromatic N) is 2. The van der Waals surface area contributed by atoms with Gasteiger partial charge in [-0.15, -0.1) is 0 Å². The van der Waals surface area contributed by atoms with Gasteiger partial charge in [0.25, 0.3) is 0 Å². The third kappa shape index (κ3) is 2.62. The van der Waals surface area contributed by atoms with E-state index in [1.807, 2.05) is 0 Å². The van der Waals surface area contributed by atoms with Crippen molar-refractivity contribution in [1.29, 1.82) is 0 Å². The number of hydrogen-bond acceptors (Lipinski definition) is 3. The molecule has 2 rings (SSSR count). The van der Waals surface area contributed by atoms with E-state index in [1.165, 1.54) is 10.8 Å². The minimum Gasteiger partial charge on any atom is -0.359 e. The lowest BCUT2D eigenvalue weighted by atomic mass is 10.1. The SMILES string of the molecule is CC(C)CN(C)c1nc(CN)cc2ccccc12. The fourth-order valence-corrected chi connectivity index (χ4v) is 2.26. The number of aromatic nitrogens is 1. The maximum atomic E-state index is 5.73. The third-order valence-electron chi connectivity index (χ3n) is 2.98. The molecule has 3 heteroatoms. The molecule has 0 amide bonds. The summed E-state index contributed by atoms with van der Waals surface area (Å²) in [5.74, 6) is 1.64. The number of fused-ring (bicyclic) bond motifs is 1. The molecule has 96 valence electrons. The van der Waals surface area contributed by atoms with Gasteiger partial charge in [-0.3, -0.25) is 0 Å². The van der Waals surface area contributed by atoms with Crippen LogP contribution < -0.4 is 10.6 Å². The lowest BCUT2D eigenvalue weighted by molar-refractivity contribution is 0.635. The molecule has 0 aliphatic rings. The quantitative estimate of drug-likeness (QED) is 0.898. The molecule has 0 saturated carbocycles. The molecule has 3 nitrogen and oxygen atoms in total. The average Bonchev–Trinajstić information content (AvgIpc) is 2.36. The van der Waals surface area contributed by atoms with Crippen molar-refractivity contribution in [3.63, 3.8) is 0 Å². The predicted molar refractivity (Wildman–Crippen MR) is 77.7 cm³/mol. The Morgan fingerprint density at radius 3 is 2.67 bits per heavy atom. The van der Waals surface area contributed by atoms with E-state index in [-0.39, 0.29) is 0 Å². The maximum Gasteiger partial charge on any atom is 0.136 e. The van der Waals surface area contributed by atoms with E-state index >= 15 is 0 Å². The van der Waals surface area contributed by atoms with Crippen molar-refractivity contribution < 1.29 is 0 Å². The summed E-state index contributed by atoms with van der Waals surface area (Å²) in [6, 6.07) is 10.4. The normalized spacial score (nSPS) is 11.2. The molecule has 0 spiro atoms. The van der Waals surface area contributed by atoms with Gasteiger partial charge in [0.1, 0.15) is 5.82 Å². The number of anilines is 1. The van der Waals surface area contributed by atoms with Crippen LogP contribution in [0.1, 0.15) is 19.5 Å². The van der Waals surface area contributed by atoms with Crippen molar-refractivity contribution in [2.75, 3.05) is 18.5 Å². The Bertz CT molecular complexity index is 534. The summed E-state index contributed by atoms with van der Waals surface area (Å²) < 4.78 is 0. The molecule has 0 atom stereocenters. The summed E-state index contributed by atoms with van der Waals surface area (Å²) in [5.41, 5.74) is 6.67. The molecule has 1 aromatic carbocycles. The van der Waals surface area contributed by atoms with Crippen molar-refractivity contribution in [2.45, 2.75) is 20.4 Å². The second-order valence-electron chi connectivity index (χ2n) is 5.14. The van der Waals surface area contributed by atoms with Crippen LogP contribution >= 0.6 is 0 Å². The Morgan fingerprint density at radius 1 is 1.28 bits per heavy atom. The number of hydrogen-bond donors (Lipinski definition) is 1. The van der Waals surface area contributed by atoms with E-state index in [4.69, 9.17) is 5.73 Å². The fraction of sp³-hybridized carbons (Fsp3) is 0.400. The highest BCUT2D eigenvalue weighted by Gasteiger charge is 2.10. The summed E-state index contributed by atoms with van der Waals surface area (Å²) in [7, 11) is 2.09. The van der Waals surface area contributed by atoms with Crippen LogP contribution in [0.4, 0.5) is 5.82 Å². The van der Waals surface area contributed by atoms with E-state index < -0.39 is 0 Å². The van der Waals surface area contributed by atoms with Crippen LogP contribution in [0.2, 0.25) is 0 Å². The molecule has 0 unspecified atom stereocenters. The van der Waals surface area contributed by atoms with Crippen LogP contribution in [0, 0.1) is 5.92 Å². The largest absolute Gasteiger partial charge is 0.359 e. The molecular weight excluding hydrogens is 222 g/mol. The molecule has 0 bridgehead atoms. The Morgan fingerprint density at radius 2 is 2.00 bits per heavy atom. The molecule has 2 aromatic rings. The Balaban J connectivity index is 2.53. The van der Waals surface area contributed by atoms with Crippen LogP contribution in [-0.4, -0.2) is 18.6 Å². The van der Waals surface area contributed by atoms with Crippen molar-refractivity contribution in [3.8, 4) is 0 Å². The maximum absolute atomic E-state index is 5.73. The molecule has 0 fully saturated rings. The molecule has 1 heterocycles. The zero-order valence-corrected chi connectivity index (χ0v) is 11.4. The summed E-state index contributed by atoms with van der Waals surface area (Å²) in [5, 5.41) is 2.40. The summed E-state index contributed by atoms with van der Waals surface area (Å²) in [6.07, 6.45) is 0. The summed E-state index contributed by atoms with van der Waals surface area (Å²) >= 11 is 0. The lowest BCUT2D eigenvalue weighted by Gasteiger charge is -2.22. The van der Waals surface area contributed by atoms with Gasteiger partial charge in [0.15, 0.2) is 0 Å². The highest BCUT2D eigenvalue weighted by molar-refractivity contribution is 5.92. The van der Waals surface area contributed by atoms with Crippen molar-refractivity contribution >= 4 is 16.6 Å². The zero-order chi connectivity index (χ0) is 13.1. The van der Waals surface area contributed by atoms with Gasteiger partial charge in [-0.05, 0) is 17.4 Å². The van der Waals surface area contributed by atoms with Gasteiger partial charge in [0.2, 0.25) is 0 Å². The number of benzene rings is 1. The number of nitrogens with two attached hydrogens (primary N) is 1. The van der Waals surface area contributed by atoms with Crippen molar-refractivity contribution in [2.24, 2.45) is 11.7 Å². The molecule has 18 heavy (non-hydrogen) atoms. The molecule has 0 radical (unpaired) electrons. The van der Waals surface area contributed by atoms with Crippen LogP contribution in [0.3, 0.4) is 0 Å². The van der Waals surface area contributed by atoms with E-state index in [0.717, 1.165) is 18.1 Å². The van der Waals surface area contributed by atoms with Gasteiger partial charge in [-0.1, -0.05) is 38.1 Å². The smallest absolute Gasteiger partial charge is 0.136 e. The third-order valence-corrected chi connectivity index (χ3v) is 2.98. The minimum atomic E-state index is 0.480. The van der Waals surface area contributed by atoms with E-state index in [0.29, 0.717) is 12.5 Å². The first-order valence-corrected chi connectivity index (χ1v) is 6.41. The standard InChI is InChI=1S/C15H21N3/c1-11(2)10-18(3)15-14-7-5-4-6-12(14)8-13(9-16)17-15/h4-8,11H,9-10,16H2,1-3H3. The first-order valence-electron chi connectivity index (χ1n) is 6.41. The summed E-state index contributed by atoms with van der Waals surface area (Å²) in [4.78, 5) is 6.89. The summed E-state index contributed by atoms with van der Waals surface area (Å²) in [6.45, 7) is 5.90. The molecule has 0 aliphatic carbocycles. The van der Waals surface area contributed by atoms with Crippen LogP contribution in [0.25, 0.3) is 10.8 Å². The fourth-order valence-electron chi connectivity index (χ4n) is 2.26. The molecular formula is C15H21N3. The first-order chi connectivity index (χ1) is 8.61. The van der Waals surface area contributed by atoms with Crippen LogP contribution in [0.5, 0.6) is 0 Å². The lowest BCUT2D eigenvalue weighted by Crippen LogP contribution is -2.24. The van der Waals surface area contributed by atoms with Crippen LogP contribution in [-0.2, 0) is 6.54 Å². The Kier molecular flexibility index (Phi) is 3.82. The average molecular weight is 243 g/mol. The monoisotopic (exact) mass is 243 g/mol. The van der Waals surface area contributed by atoms with E-state index in [2.05, 4.69) is 61.1 Å². The molecule has 0 aliphatic heterocycles. The van der Waals surface area contributed by atoms with Gasteiger partial charge in [0.05, 0.1) is 5.69 Å². The van der Waals surface area contributed by atoms with Crippen molar-refractivity contribution in [3.05, 3.63) is 36.0 Å². The van der Waals surface area contributed by atoms with E-state index in [1.54, 1.807) is 0 Å². The van der Waals surface area contributed by atoms with E-state index in [9.17, 15) is 0 Å². The van der Waals surface area contributed by atoms with Gasteiger partial charge in [-0.25, -0.2) is 4.98 Å². The van der Waals surface area contributed by atoms with Crippen molar-refractivity contribution in [1.82, 2.24) is 4.98 Å². The Hall–Kier alpha value is -1.61. The van der Waals surface area contributed by atoms with Gasteiger partial charge >= 0.3 is 0 Å². The molecule has 1 aromatic heterocycles. The highest BCUT2D eigenvalue weighted by Crippen LogP contribution is 2.25. The second kappa shape index (κ2) is 5.36. The van der Waals surface area contributed by atoms with Gasteiger partial charge in [0, 0.05) is 25.5 Å². The first kappa shape index (κ1) is 12.8. The van der Waals surface area contributed by atoms with Gasteiger partial charge in [-0.2, -0.15) is 0 Å². The number of pyridine rings is 1. The zero-order valence-electron chi connectivity index (χ0n) is 11.4. The predicted octanol–water partition coefficient (Wildman–Crippen LogP) is 2.79. The topological polar surface area (TPSA) is 42.2 Å². The Labute approximate surface area is 109 Å². The highest BCUT2D eigenvalue weighted by atomic mass is 15.2. The second-order valence-corrected chi connectivity index (χ2v) is 5.14. The van der Waals surface area contributed by atoms with Crippen LogP contribution in [0.15, 0.2) is 30.3 Å².